The van der Waals surface area contributed by atoms with Gasteiger partial charge in [-0.05, 0) is 29.5 Å². The third-order valence-corrected chi connectivity index (χ3v) is 4.25. The van der Waals surface area contributed by atoms with E-state index in [1.165, 1.54) is 11.3 Å². The monoisotopic (exact) mass is 337 g/mol. The Morgan fingerprint density at radius 2 is 2.21 bits per heavy atom. The summed E-state index contributed by atoms with van der Waals surface area (Å²) in [4.78, 5) is 12.6. The van der Waals surface area contributed by atoms with Gasteiger partial charge >= 0.3 is 0 Å². The summed E-state index contributed by atoms with van der Waals surface area (Å²) in [6.07, 6.45) is 1.73. The van der Waals surface area contributed by atoms with Crippen LogP contribution in [0.3, 0.4) is 0 Å². The highest BCUT2D eigenvalue weighted by Gasteiger charge is 2.10. The highest BCUT2D eigenvalue weighted by molar-refractivity contribution is 14.1. The van der Waals surface area contributed by atoms with Gasteiger partial charge in [-0.1, -0.05) is 11.6 Å². The van der Waals surface area contributed by atoms with Gasteiger partial charge in [-0.25, -0.2) is 15.0 Å². The van der Waals surface area contributed by atoms with Gasteiger partial charge in [0.2, 0.25) is 0 Å². The first-order chi connectivity index (χ1) is 6.68. The minimum absolute atomic E-state index is 0.489. The lowest BCUT2D eigenvalue weighted by Gasteiger charge is -2.01. The van der Waals surface area contributed by atoms with Crippen molar-refractivity contribution in [3.8, 4) is 10.8 Å². The van der Waals surface area contributed by atoms with E-state index in [0.29, 0.717) is 11.0 Å². The highest BCUT2D eigenvalue weighted by atomic mass is 127. The van der Waals surface area contributed by atoms with E-state index < -0.39 is 0 Å². The Morgan fingerprint density at radius 1 is 1.43 bits per heavy atom. The SMILES string of the molecule is Cc1nc(-c2nccs2)nc(Cl)c1I. The van der Waals surface area contributed by atoms with Crippen molar-refractivity contribution in [3.05, 3.63) is 26.0 Å². The lowest BCUT2D eigenvalue weighted by molar-refractivity contribution is 1.08. The average Bonchev–Trinajstić information content (AvgIpc) is 2.66. The zero-order valence-corrected chi connectivity index (χ0v) is 10.9. The molecule has 0 saturated heterocycles. The van der Waals surface area contributed by atoms with Gasteiger partial charge < -0.3 is 0 Å². The zero-order valence-electron chi connectivity index (χ0n) is 7.16. The lowest BCUT2D eigenvalue weighted by Crippen LogP contribution is -1.95. The molecule has 2 heterocycles. The van der Waals surface area contributed by atoms with E-state index in [9.17, 15) is 0 Å². The lowest BCUT2D eigenvalue weighted by atomic mass is 10.4. The van der Waals surface area contributed by atoms with Gasteiger partial charge in [0.1, 0.15) is 5.15 Å². The molecule has 0 unspecified atom stereocenters. The summed E-state index contributed by atoms with van der Waals surface area (Å²) in [5.41, 5.74) is 0.885. The largest absolute Gasteiger partial charge is 0.241 e. The van der Waals surface area contributed by atoms with Gasteiger partial charge in [0, 0.05) is 11.6 Å². The molecule has 0 saturated carbocycles. The number of aryl methyl sites for hydroxylation is 1. The molecule has 72 valence electrons. The summed E-state index contributed by atoms with van der Waals surface area (Å²) in [5.74, 6) is 0.600. The first kappa shape index (κ1) is 10.3. The van der Waals surface area contributed by atoms with Crippen LogP contribution in [0.5, 0.6) is 0 Å². The highest BCUT2D eigenvalue weighted by Crippen LogP contribution is 2.24. The molecular formula is C8H5ClIN3S. The van der Waals surface area contributed by atoms with E-state index in [0.717, 1.165) is 14.3 Å². The van der Waals surface area contributed by atoms with Crippen molar-refractivity contribution in [2.24, 2.45) is 0 Å². The molecule has 2 rings (SSSR count). The molecule has 0 N–H and O–H groups in total. The van der Waals surface area contributed by atoms with Gasteiger partial charge in [0.15, 0.2) is 10.8 Å². The molecule has 0 spiro atoms. The molecule has 3 nitrogen and oxygen atoms in total. The maximum Gasteiger partial charge on any atom is 0.190 e. The van der Waals surface area contributed by atoms with E-state index in [1.54, 1.807) is 6.20 Å². The van der Waals surface area contributed by atoms with Gasteiger partial charge in [0.25, 0.3) is 0 Å². The van der Waals surface area contributed by atoms with Crippen LogP contribution in [-0.2, 0) is 0 Å². The fourth-order valence-electron chi connectivity index (χ4n) is 0.954. The zero-order chi connectivity index (χ0) is 10.1. The minimum Gasteiger partial charge on any atom is -0.241 e. The summed E-state index contributed by atoms with van der Waals surface area (Å²) in [7, 11) is 0. The second kappa shape index (κ2) is 4.08. The third-order valence-electron chi connectivity index (χ3n) is 1.60. The van der Waals surface area contributed by atoms with Crippen LogP contribution in [0.15, 0.2) is 11.6 Å². The molecule has 0 aliphatic carbocycles. The Morgan fingerprint density at radius 3 is 2.79 bits per heavy atom. The van der Waals surface area contributed by atoms with Crippen LogP contribution in [0.4, 0.5) is 0 Å². The van der Waals surface area contributed by atoms with Crippen LogP contribution in [0, 0.1) is 10.5 Å². The second-order valence-electron chi connectivity index (χ2n) is 2.57. The van der Waals surface area contributed by atoms with Crippen LogP contribution >= 0.6 is 45.5 Å². The van der Waals surface area contributed by atoms with E-state index >= 15 is 0 Å². The Balaban J connectivity index is 2.57. The number of aromatic nitrogens is 3. The average molecular weight is 338 g/mol. The molecule has 0 atom stereocenters. The molecule has 2 aromatic rings. The summed E-state index contributed by atoms with van der Waals surface area (Å²) >= 11 is 9.59. The van der Waals surface area contributed by atoms with Crippen LogP contribution in [0.25, 0.3) is 10.8 Å². The summed E-state index contributed by atoms with van der Waals surface area (Å²) in [6, 6.07) is 0. The van der Waals surface area contributed by atoms with E-state index in [4.69, 9.17) is 11.6 Å². The number of rotatable bonds is 1. The molecular weight excluding hydrogens is 333 g/mol. The predicted octanol–water partition coefficient (Wildman–Crippen LogP) is 3.17. The van der Waals surface area contributed by atoms with Crippen molar-refractivity contribution >= 4 is 45.5 Å². The molecule has 0 radical (unpaired) electrons. The van der Waals surface area contributed by atoms with Crippen molar-refractivity contribution in [1.82, 2.24) is 15.0 Å². The summed E-state index contributed by atoms with van der Waals surface area (Å²) < 4.78 is 0.893. The normalized spacial score (nSPS) is 10.5. The first-order valence-corrected chi connectivity index (χ1v) is 6.11. The Kier molecular flexibility index (Phi) is 2.99. The molecule has 0 aliphatic rings. The standard InChI is InChI=1S/C8H5ClIN3S/c1-4-5(10)6(9)13-7(12-4)8-11-2-3-14-8/h2-3H,1H3. The maximum atomic E-state index is 5.95. The molecule has 2 aromatic heterocycles. The quantitative estimate of drug-likeness (QED) is 0.593. The number of hydrogen-bond donors (Lipinski definition) is 0. The Hall–Kier alpha value is -0.270. The van der Waals surface area contributed by atoms with Gasteiger partial charge in [0.05, 0.1) is 9.26 Å². The molecule has 0 amide bonds. The van der Waals surface area contributed by atoms with Crippen LogP contribution in [0.1, 0.15) is 5.69 Å². The molecule has 14 heavy (non-hydrogen) atoms. The fraction of sp³-hybridized carbons (Fsp3) is 0.125. The van der Waals surface area contributed by atoms with Crippen LogP contribution in [0.2, 0.25) is 5.15 Å². The molecule has 0 fully saturated rings. The van der Waals surface area contributed by atoms with Gasteiger partial charge in [-0.3, -0.25) is 0 Å². The van der Waals surface area contributed by atoms with Gasteiger partial charge in [-0.15, -0.1) is 11.3 Å². The predicted molar refractivity (Wildman–Crippen MR) is 65.6 cm³/mol. The molecule has 0 bridgehead atoms. The van der Waals surface area contributed by atoms with Crippen LogP contribution in [-0.4, -0.2) is 15.0 Å². The van der Waals surface area contributed by atoms with E-state index in [1.807, 2.05) is 12.3 Å². The number of thiazole rings is 1. The van der Waals surface area contributed by atoms with Crippen molar-refractivity contribution in [3.63, 3.8) is 0 Å². The van der Waals surface area contributed by atoms with Crippen molar-refractivity contribution in [2.45, 2.75) is 6.92 Å². The number of halogens is 2. The first-order valence-electron chi connectivity index (χ1n) is 3.78. The Labute approximate surface area is 104 Å². The molecule has 0 aliphatic heterocycles. The molecule has 0 aromatic carbocycles. The number of nitrogens with zero attached hydrogens (tertiary/aromatic N) is 3. The van der Waals surface area contributed by atoms with Crippen molar-refractivity contribution in [2.75, 3.05) is 0 Å². The smallest absolute Gasteiger partial charge is 0.190 e. The second-order valence-corrected chi connectivity index (χ2v) is 4.91. The third kappa shape index (κ3) is 1.89. The van der Waals surface area contributed by atoms with E-state index in [2.05, 4.69) is 37.5 Å². The summed E-state index contributed by atoms with van der Waals surface area (Å²) in [6.45, 7) is 1.91. The summed E-state index contributed by atoms with van der Waals surface area (Å²) in [5, 5.41) is 3.18. The van der Waals surface area contributed by atoms with Crippen molar-refractivity contribution < 1.29 is 0 Å². The van der Waals surface area contributed by atoms with Gasteiger partial charge in [-0.2, -0.15) is 0 Å². The van der Waals surface area contributed by atoms with Crippen LogP contribution < -0.4 is 0 Å². The van der Waals surface area contributed by atoms with Crippen molar-refractivity contribution in [1.29, 1.82) is 0 Å². The number of hydrogen-bond acceptors (Lipinski definition) is 4. The fourth-order valence-corrected chi connectivity index (χ4v) is 1.98. The maximum absolute atomic E-state index is 5.95. The topological polar surface area (TPSA) is 38.7 Å². The molecule has 6 heteroatoms. The van der Waals surface area contributed by atoms with E-state index in [-0.39, 0.29) is 0 Å². The Bertz CT molecular complexity index is 435. The minimum atomic E-state index is 0.489.